The van der Waals surface area contributed by atoms with E-state index < -0.39 is 0 Å². The van der Waals surface area contributed by atoms with Crippen LogP contribution in [0, 0.1) is 0 Å². The van der Waals surface area contributed by atoms with Crippen LogP contribution in [-0.4, -0.2) is 47.9 Å². The monoisotopic (exact) mass is 367 g/mol. The number of carbonyl (C=O) groups excluding carboxylic acids is 1. The number of nitrogens with two attached hydrogens (primary N) is 1. The van der Waals surface area contributed by atoms with Gasteiger partial charge in [0.15, 0.2) is 0 Å². The molecule has 128 valence electrons. The van der Waals surface area contributed by atoms with Gasteiger partial charge in [0.25, 0.3) is 0 Å². The molecule has 0 saturated carbocycles. The molecule has 22 heavy (non-hydrogen) atoms. The van der Waals surface area contributed by atoms with Crippen molar-refractivity contribution in [3.63, 3.8) is 0 Å². The van der Waals surface area contributed by atoms with Crippen molar-refractivity contribution < 1.29 is 4.79 Å². The molecule has 1 unspecified atom stereocenters. The van der Waals surface area contributed by atoms with Crippen LogP contribution in [-0.2, 0) is 17.8 Å². The lowest BCUT2D eigenvalue weighted by Crippen LogP contribution is -2.49. The molecule has 0 aliphatic carbocycles. The molecule has 1 aliphatic rings. The maximum atomic E-state index is 11.9. The van der Waals surface area contributed by atoms with Gasteiger partial charge in [0.2, 0.25) is 5.91 Å². The van der Waals surface area contributed by atoms with Crippen LogP contribution in [0.3, 0.4) is 0 Å². The third-order valence-corrected chi connectivity index (χ3v) is 4.88. The summed E-state index contributed by atoms with van der Waals surface area (Å²) in [5, 5.41) is 0. The standard InChI is InChI=1S/C15H25N3OS.2ClH/c1-3-13-4-5-14(20-13)11-17-6-8-18(9-7-17)15(19)10-12(2)16;;/h4-5,12H,3,6-11,16H2,1-2H3;2*1H. The number of thiophene rings is 1. The summed E-state index contributed by atoms with van der Waals surface area (Å²) in [5.74, 6) is 0.198. The molecule has 2 N–H and O–H groups in total. The number of hydrogen-bond acceptors (Lipinski definition) is 4. The second-order valence-corrected chi connectivity index (χ2v) is 6.81. The van der Waals surface area contributed by atoms with E-state index in [1.807, 2.05) is 23.2 Å². The van der Waals surface area contributed by atoms with Crippen LogP contribution in [0.2, 0.25) is 0 Å². The molecule has 1 aromatic rings. The van der Waals surface area contributed by atoms with Gasteiger partial charge in [-0.15, -0.1) is 36.2 Å². The third kappa shape index (κ3) is 6.42. The lowest BCUT2D eigenvalue weighted by molar-refractivity contribution is -0.133. The molecule has 2 rings (SSSR count). The van der Waals surface area contributed by atoms with Gasteiger partial charge in [-0.25, -0.2) is 0 Å². The van der Waals surface area contributed by atoms with Crippen molar-refractivity contribution in [2.75, 3.05) is 26.2 Å². The molecular formula is C15H27Cl2N3OS. The van der Waals surface area contributed by atoms with Crippen LogP contribution >= 0.6 is 36.2 Å². The number of hydrogen-bond donors (Lipinski definition) is 1. The highest BCUT2D eigenvalue weighted by atomic mass is 35.5. The van der Waals surface area contributed by atoms with Crippen molar-refractivity contribution in [1.82, 2.24) is 9.80 Å². The summed E-state index contributed by atoms with van der Waals surface area (Å²) >= 11 is 1.90. The quantitative estimate of drug-likeness (QED) is 0.869. The first-order chi connectivity index (χ1) is 9.58. The second kappa shape index (κ2) is 10.4. The number of aryl methyl sites for hydroxylation is 1. The zero-order chi connectivity index (χ0) is 14.5. The molecule has 1 amide bonds. The highest BCUT2D eigenvalue weighted by molar-refractivity contribution is 7.11. The average Bonchev–Trinajstić information content (AvgIpc) is 2.86. The minimum Gasteiger partial charge on any atom is -0.340 e. The fourth-order valence-corrected chi connectivity index (χ4v) is 3.48. The predicted molar refractivity (Wildman–Crippen MR) is 98.3 cm³/mol. The Kier molecular flexibility index (Phi) is 10.3. The first-order valence-corrected chi connectivity index (χ1v) is 8.23. The number of piperazine rings is 1. The molecule has 0 aromatic carbocycles. The molecule has 2 heterocycles. The Morgan fingerprint density at radius 1 is 1.23 bits per heavy atom. The zero-order valence-electron chi connectivity index (χ0n) is 13.3. The summed E-state index contributed by atoms with van der Waals surface area (Å²) in [7, 11) is 0. The third-order valence-electron chi connectivity index (χ3n) is 3.67. The molecule has 1 saturated heterocycles. The second-order valence-electron chi connectivity index (χ2n) is 5.56. The summed E-state index contributed by atoms with van der Waals surface area (Å²) in [6.45, 7) is 8.68. The maximum absolute atomic E-state index is 11.9. The number of halogens is 2. The summed E-state index contributed by atoms with van der Waals surface area (Å²) < 4.78 is 0. The van der Waals surface area contributed by atoms with Gasteiger partial charge in [0, 0.05) is 54.9 Å². The van der Waals surface area contributed by atoms with E-state index in [0.29, 0.717) is 6.42 Å². The normalized spacial score (nSPS) is 16.6. The molecule has 7 heteroatoms. The van der Waals surface area contributed by atoms with Crippen molar-refractivity contribution in [2.24, 2.45) is 5.73 Å². The summed E-state index contributed by atoms with van der Waals surface area (Å²) in [4.78, 5) is 19.2. The lowest BCUT2D eigenvalue weighted by Gasteiger charge is -2.34. The number of nitrogens with zero attached hydrogens (tertiary/aromatic N) is 2. The molecule has 0 spiro atoms. The topological polar surface area (TPSA) is 49.6 Å². The Balaban J connectivity index is 0.00000220. The van der Waals surface area contributed by atoms with E-state index >= 15 is 0 Å². The molecule has 0 bridgehead atoms. The largest absolute Gasteiger partial charge is 0.340 e. The van der Waals surface area contributed by atoms with Crippen molar-refractivity contribution in [2.45, 2.75) is 39.3 Å². The van der Waals surface area contributed by atoms with Gasteiger partial charge in [-0.2, -0.15) is 0 Å². The van der Waals surface area contributed by atoms with Crippen molar-refractivity contribution in [3.05, 3.63) is 21.9 Å². The van der Waals surface area contributed by atoms with Crippen LogP contribution in [0.5, 0.6) is 0 Å². The van der Waals surface area contributed by atoms with Crippen LogP contribution in [0.1, 0.15) is 30.0 Å². The highest BCUT2D eigenvalue weighted by Crippen LogP contribution is 2.19. The van der Waals surface area contributed by atoms with Gasteiger partial charge < -0.3 is 10.6 Å². The molecule has 1 aliphatic heterocycles. The minimum absolute atomic E-state index is 0. The molecule has 0 radical (unpaired) electrons. The zero-order valence-corrected chi connectivity index (χ0v) is 15.7. The molecule has 1 aromatic heterocycles. The van der Waals surface area contributed by atoms with Gasteiger partial charge in [-0.05, 0) is 25.5 Å². The van der Waals surface area contributed by atoms with E-state index in [0.717, 1.165) is 39.1 Å². The molecule has 1 fully saturated rings. The molecular weight excluding hydrogens is 341 g/mol. The summed E-state index contributed by atoms with van der Waals surface area (Å²) in [5.41, 5.74) is 5.69. The number of amides is 1. The van der Waals surface area contributed by atoms with Crippen molar-refractivity contribution >= 4 is 42.1 Å². The van der Waals surface area contributed by atoms with E-state index in [1.54, 1.807) is 0 Å². The fourth-order valence-electron chi connectivity index (χ4n) is 2.48. The highest BCUT2D eigenvalue weighted by Gasteiger charge is 2.21. The Morgan fingerprint density at radius 3 is 2.32 bits per heavy atom. The van der Waals surface area contributed by atoms with Crippen LogP contribution in [0.15, 0.2) is 12.1 Å². The van der Waals surface area contributed by atoms with Crippen LogP contribution < -0.4 is 5.73 Å². The van der Waals surface area contributed by atoms with Gasteiger partial charge in [-0.1, -0.05) is 6.92 Å². The number of rotatable bonds is 5. The van der Waals surface area contributed by atoms with E-state index in [9.17, 15) is 4.79 Å². The Labute approximate surface area is 149 Å². The minimum atomic E-state index is -0.0425. The smallest absolute Gasteiger partial charge is 0.224 e. The van der Waals surface area contributed by atoms with Crippen molar-refractivity contribution in [1.29, 1.82) is 0 Å². The first kappa shape index (κ1) is 21.7. The number of carbonyl (C=O) groups is 1. The fraction of sp³-hybridized carbons (Fsp3) is 0.667. The first-order valence-electron chi connectivity index (χ1n) is 7.41. The Hall–Kier alpha value is -0.330. The van der Waals surface area contributed by atoms with Gasteiger partial charge in [-0.3, -0.25) is 9.69 Å². The van der Waals surface area contributed by atoms with Crippen molar-refractivity contribution in [3.8, 4) is 0 Å². The summed E-state index contributed by atoms with van der Waals surface area (Å²) in [6.07, 6.45) is 1.58. The lowest BCUT2D eigenvalue weighted by atomic mass is 10.2. The van der Waals surface area contributed by atoms with E-state index in [4.69, 9.17) is 5.73 Å². The van der Waals surface area contributed by atoms with Gasteiger partial charge in [0.05, 0.1) is 0 Å². The van der Waals surface area contributed by atoms with Crippen LogP contribution in [0.4, 0.5) is 0 Å². The summed E-state index contributed by atoms with van der Waals surface area (Å²) in [6, 6.07) is 4.42. The van der Waals surface area contributed by atoms with Crippen LogP contribution in [0.25, 0.3) is 0 Å². The molecule has 1 atom stereocenters. The van der Waals surface area contributed by atoms with Gasteiger partial charge >= 0.3 is 0 Å². The van der Waals surface area contributed by atoms with Gasteiger partial charge in [0.1, 0.15) is 0 Å². The SMILES string of the molecule is CCc1ccc(CN2CCN(C(=O)CC(C)N)CC2)s1.Cl.Cl. The van der Waals surface area contributed by atoms with E-state index in [-0.39, 0.29) is 36.8 Å². The van der Waals surface area contributed by atoms with E-state index in [1.165, 1.54) is 9.75 Å². The maximum Gasteiger partial charge on any atom is 0.224 e. The molecule has 4 nitrogen and oxygen atoms in total. The predicted octanol–water partition coefficient (Wildman–Crippen LogP) is 2.54. The Bertz CT molecular complexity index is 446. The van der Waals surface area contributed by atoms with E-state index in [2.05, 4.69) is 24.0 Å². The average molecular weight is 368 g/mol. The Morgan fingerprint density at radius 2 is 1.82 bits per heavy atom.